The fraction of sp³-hybridized carbons (Fsp3) is 0.300. The van der Waals surface area contributed by atoms with Crippen LogP contribution in [-0.2, 0) is 0 Å². The number of nitrogens with one attached hydrogen (secondary N) is 1. The number of anilines is 1. The van der Waals surface area contributed by atoms with Gasteiger partial charge in [0.15, 0.2) is 11.5 Å². The topological polar surface area (TPSA) is 94.1 Å². The van der Waals surface area contributed by atoms with Gasteiger partial charge < -0.3 is 24.6 Å². The Bertz CT molecular complexity index is 841. The van der Waals surface area contributed by atoms with Gasteiger partial charge in [0.05, 0.1) is 31.1 Å². The quantitative estimate of drug-likeness (QED) is 0.672. The highest BCUT2D eigenvalue weighted by atomic mass is 19.1. The highest BCUT2D eigenvalue weighted by Gasteiger charge is 2.19. The van der Waals surface area contributed by atoms with Crippen LogP contribution in [0.25, 0.3) is 0 Å². The zero-order valence-corrected chi connectivity index (χ0v) is 15.9. The lowest BCUT2D eigenvalue weighted by atomic mass is 10.1. The predicted octanol–water partition coefficient (Wildman–Crippen LogP) is 3.97. The fourth-order valence-electron chi connectivity index (χ4n) is 2.47. The molecule has 2 aromatic carbocycles. The average Bonchev–Trinajstić information content (AvgIpc) is 2.66. The molecule has 0 aliphatic heterocycles. The van der Waals surface area contributed by atoms with Gasteiger partial charge in [0, 0.05) is 5.56 Å². The molecule has 2 aromatic rings. The minimum absolute atomic E-state index is 0.145. The van der Waals surface area contributed by atoms with Crippen molar-refractivity contribution < 1.29 is 33.3 Å². The van der Waals surface area contributed by atoms with Gasteiger partial charge in [-0.05, 0) is 51.1 Å². The second kappa shape index (κ2) is 9.59. The third-order valence-corrected chi connectivity index (χ3v) is 3.63. The molecule has 0 atom stereocenters. The number of benzene rings is 2. The number of carboxylic acids is 1. The third kappa shape index (κ3) is 4.91. The first-order valence-electron chi connectivity index (χ1n) is 8.81. The van der Waals surface area contributed by atoms with Crippen LogP contribution >= 0.6 is 0 Å². The maximum atomic E-state index is 14.0. The summed E-state index contributed by atoms with van der Waals surface area (Å²) in [5, 5.41) is 11.4. The predicted molar refractivity (Wildman–Crippen MR) is 101 cm³/mol. The van der Waals surface area contributed by atoms with E-state index < -0.39 is 17.7 Å². The van der Waals surface area contributed by atoms with Crippen LogP contribution in [0, 0.1) is 5.82 Å². The molecule has 0 heterocycles. The number of ether oxygens (including phenoxy) is 3. The highest BCUT2D eigenvalue weighted by Crippen LogP contribution is 2.39. The second-order valence-corrected chi connectivity index (χ2v) is 5.55. The Balaban J connectivity index is 2.42. The van der Waals surface area contributed by atoms with Crippen molar-refractivity contribution in [1.29, 1.82) is 0 Å². The Labute approximate surface area is 162 Å². The van der Waals surface area contributed by atoms with Crippen LogP contribution in [0.4, 0.5) is 10.1 Å². The summed E-state index contributed by atoms with van der Waals surface area (Å²) in [5.41, 5.74) is -0.237. The van der Waals surface area contributed by atoms with Crippen molar-refractivity contribution in [3.05, 3.63) is 47.3 Å². The van der Waals surface area contributed by atoms with Gasteiger partial charge >= 0.3 is 5.97 Å². The van der Waals surface area contributed by atoms with E-state index in [4.69, 9.17) is 19.3 Å². The first kappa shape index (κ1) is 21.0. The van der Waals surface area contributed by atoms with Crippen molar-refractivity contribution in [3.8, 4) is 17.2 Å². The Morgan fingerprint density at radius 3 is 2.00 bits per heavy atom. The van der Waals surface area contributed by atoms with Crippen molar-refractivity contribution in [3.63, 3.8) is 0 Å². The van der Waals surface area contributed by atoms with Crippen LogP contribution < -0.4 is 19.5 Å². The van der Waals surface area contributed by atoms with Gasteiger partial charge in [-0.15, -0.1) is 0 Å². The maximum absolute atomic E-state index is 14.0. The molecule has 2 N–H and O–H groups in total. The highest BCUT2D eigenvalue weighted by molar-refractivity contribution is 6.05. The van der Waals surface area contributed by atoms with Gasteiger partial charge in [-0.2, -0.15) is 0 Å². The van der Waals surface area contributed by atoms with E-state index in [1.165, 1.54) is 12.1 Å². The number of halogens is 1. The second-order valence-electron chi connectivity index (χ2n) is 5.55. The van der Waals surface area contributed by atoms with Crippen molar-refractivity contribution in [2.45, 2.75) is 20.8 Å². The SMILES string of the molecule is CCOc1cc(C(=O)Nc2cc(C(=O)O)ccc2F)cc(OCC)c1OCC. The Hall–Kier alpha value is -3.29. The summed E-state index contributed by atoms with van der Waals surface area (Å²) in [6.07, 6.45) is 0. The minimum Gasteiger partial charge on any atom is -0.490 e. The molecule has 0 aliphatic rings. The van der Waals surface area contributed by atoms with Crippen LogP contribution in [0.2, 0.25) is 0 Å². The molecule has 0 fully saturated rings. The van der Waals surface area contributed by atoms with Crippen molar-refractivity contribution >= 4 is 17.6 Å². The van der Waals surface area contributed by atoms with E-state index in [0.29, 0.717) is 37.1 Å². The molecule has 2 rings (SSSR count). The van der Waals surface area contributed by atoms with Crippen LogP contribution in [0.15, 0.2) is 30.3 Å². The van der Waals surface area contributed by atoms with Gasteiger partial charge in [-0.25, -0.2) is 9.18 Å². The summed E-state index contributed by atoms with van der Waals surface area (Å²) in [6, 6.07) is 6.08. The molecule has 1 amide bonds. The monoisotopic (exact) mass is 391 g/mol. The lowest BCUT2D eigenvalue weighted by Crippen LogP contribution is -2.15. The van der Waals surface area contributed by atoms with E-state index in [9.17, 15) is 14.0 Å². The molecule has 0 unspecified atom stereocenters. The largest absolute Gasteiger partial charge is 0.490 e. The van der Waals surface area contributed by atoms with E-state index in [2.05, 4.69) is 5.32 Å². The van der Waals surface area contributed by atoms with Gasteiger partial charge in [-0.1, -0.05) is 0 Å². The Morgan fingerprint density at radius 1 is 0.929 bits per heavy atom. The van der Waals surface area contributed by atoms with E-state index >= 15 is 0 Å². The van der Waals surface area contributed by atoms with Gasteiger partial charge in [0.25, 0.3) is 5.91 Å². The lowest BCUT2D eigenvalue weighted by molar-refractivity contribution is 0.0696. The smallest absolute Gasteiger partial charge is 0.335 e. The van der Waals surface area contributed by atoms with Crippen molar-refractivity contribution in [1.82, 2.24) is 0 Å². The normalized spacial score (nSPS) is 10.3. The molecule has 0 saturated carbocycles. The molecule has 0 aliphatic carbocycles. The molecular weight excluding hydrogens is 369 g/mol. The number of aromatic carboxylic acids is 1. The molecule has 150 valence electrons. The van der Waals surface area contributed by atoms with Gasteiger partial charge in [0.1, 0.15) is 5.82 Å². The molecule has 7 nitrogen and oxygen atoms in total. The number of carboxylic acid groups (broad SMARTS) is 1. The van der Waals surface area contributed by atoms with E-state index in [1.54, 1.807) is 13.8 Å². The van der Waals surface area contributed by atoms with Crippen molar-refractivity contribution in [2.24, 2.45) is 0 Å². The zero-order chi connectivity index (χ0) is 20.7. The Morgan fingerprint density at radius 2 is 1.50 bits per heavy atom. The number of carbonyl (C=O) groups excluding carboxylic acids is 1. The first-order valence-corrected chi connectivity index (χ1v) is 8.81. The number of hydrogen-bond donors (Lipinski definition) is 2. The third-order valence-electron chi connectivity index (χ3n) is 3.63. The van der Waals surface area contributed by atoms with Crippen LogP contribution in [0.5, 0.6) is 17.2 Å². The van der Waals surface area contributed by atoms with E-state index in [-0.39, 0.29) is 16.8 Å². The minimum atomic E-state index is -1.23. The van der Waals surface area contributed by atoms with Crippen LogP contribution in [0.3, 0.4) is 0 Å². The molecule has 0 radical (unpaired) electrons. The Kier molecular flexibility index (Phi) is 7.20. The molecule has 0 bridgehead atoms. The molecule has 0 aromatic heterocycles. The van der Waals surface area contributed by atoms with Gasteiger partial charge in [-0.3, -0.25) is 4.79 Å². The molecule has 0 spiro atoms. The molecule has 8 heteroatoms. The average molecular weight is 391 g/mol. The number of amides is 1. The van der Waals surface area contributed by atoms with E-state index in [1.807, 2.05) is 6.92 Å². The maximum Gasteiger partial charge on any atom is 0.335 e. The van der Waals surface area contributed by atoms with Gasteiger partial charge in [0.2, 0.25) is 5.75 Å². The van der Waals surface area contributed by atoms with E-state index in [0.717, 1.165) is 18.2 Å². The number of carbonyl (C=O) groups is 2. The summed E-state index contributed by atoms with van der Waals surface area (Å²) >= 11 is 0. The van der Waals surface area contributed by atoms with Crippen LogP contribution in [-0.4, -0.2) is 36.8 Å². The zero-order valence-electron chi connectivity index (χ0n) is 15.9. The fourth-order valence-corrected chi connectivity index (χ4v) is 2.47. The summed E-state index contributed by atoms with van der Waals surface area (Å²) in [5.74, 6) is -1.61. The number of hydrogen-bond acceptors (Lipinski definition) is 5. The first-order chi connectivity index (χ1) is 13.4. The molecular formula is C20H22FNO6. The standard InChI is InChI=1S/C20H22FNO6/c1-4-26-16-10-13(11-17(27-5-2)18(16)28-6-3)19(23)22-15-9-12(20(24)25)7-8-14(15)21/h7-11H,4-6H2,1-3H3,(H,22,23)(H,24,25). The number of rotatable bonds is 9. The summed E-state index contributed by atoms with van der Waals surface area (Å²) in [4.78, 5) is 23.7. The van der Waals surface area contributed by atoms with Crippen LogP contribution in [0.1, 0.15) is 41.5 Å². The summed E-state index contributed by atoms with van der Waals surface area (Å²) < 4.78 is 30.7. The molecule has 0 saturated heterocycles. The van der Waals surface area contributed by atoms with Crippen molar-refractivity contribution in [2.75, 3.05) is 25.1 Å². The molecule has 28 heavy (non-hydrogen) atoms. The summed E-state index contributed by atoms with van der Waals surface area (Å²) in [6.45, 7) is 6.44. The lowest BCUT2D eigenvalue weighted by Gasteiger charge is -2.17. The summed E-state index contributed by atoms with van der Waals surface area (Å²) in [7, 11) is 0.